The van der Waals surface area contributed by atoms with Crippen LogP contribution < -0.4 is 4.90 Å². The van der Waals surface area contributed by atoms with E-state index in [1.807, 2.05) is 25.7 Å². The van der Waals surface area contributed by atoms with Gasteiger partial charge in [-0.25, -0.2) is 0 Å². The maximum absolute atomic E-state index is 12.8. The molecule has 1 aliphatic rings. The van der Waals surface area contributed by atoms with Gasteiger partial charge < -0.3 is 14.7 Å². The summed E-state index contributed by atoms with van der Waals surface area (Å²) in [6, 6.07) is 5.43. The van der Waals surface area contributed by atoms with E-state index < -0.39 is 17.8 Å². The topological polar surface area (TPSA) is 35.9 Å². The second-order valence-corrected chi connectivity index (χ2v) is 7.41. The number of aliphatic hydroxyl groups is 1. The molecule has 1 fully saturated rings. The minimum atomic E-state index is -4.32. The number of hydrogen-bond donors (Lipinski definition) is 1. The molecule has 26 heavy (non-hydrogen) atoms. The Morgan fingerprint density at radius 2 is 1.73 bits per heavy atom. The number of alkyl halides is 3. The zero-order valence-electron chi connectivity index (χ0n) is 15.4. The Balaban J connectivity index is 0.00000338. The first kappa shape index (κ1) is 23.0. The van der Waals surface area contributed by atoms with E-state index in [1.165, 1.54) is 12.1 Å². The van der Waals surface area contributed by atoms with Crippen LogP contribution in [0.15, 0.2) is 24.3 Å². The minimum absolute atomic E-state index is 0. The molecule has 2 rings (SSSR count). The lowest BCUT2D eigenvalue weighted by atomic mass is 10.1. The smallest absolute Gasteiger partial charge is 0.389 e. The highest BCUT2D eigenvalue weighted by molar-refractivity contribution is 5.85. The van der Waals surface area contributed by atoms with Crippen molar-refractivity contribution < 1.29 is 23.0 Å². The zero-order valence-corrected chi connectivity index (χ0v) is 16.2. The SMILES string of the molecule is CC(C)(C)OCC(O)CN1CCN(c2cccc(C(F)(F)F)c2)CC1.Cl. The van der Waals surface area contributed by atoms with Crippen LogP contribution in [-0.2, 0) is 10.9 Å². The number of ether oxygens (including phenoxy) is 1. The first-order valence-corrected chi connectivity index (χ1v) is 8.51. The average molecular weight is 397 g/mol. The molecule has 4 nitrogen and oxygen atoms in total. The molecule has 0 saturated carbocycles. The monoisotopic (exact) mass is 396 g/mol. The van der Waals surface area contributed by atoms with Gasteiger partial charge in [0.05, 0.1) is 23.9 Å². The van der Waals surface area contributed by atoms with E-state index in [-0.39, 0.29) is 24.6 Å². The van der Waals surface area contributed by atoms with Crippen LogP contribution in [0.2, 0.25) is 0 Å². The van der Waals surface area contributed by atoms with E-state index in [4.69, 9.17) is 4.74 Å². The lowest BCUT2D eigenvalue weighted by Gasteiger charge is -2.37. The molecule has 1 unspecified atom stereocenters. The van der Waals surface area contributed by atoms with Crippen LogP contribution in [0.5, 0.6) is 0 Å². The van der Waals surface area contributed by atoms with Crippen molar-refractivity contribution in [3.8, 4) is 0 Å². The Kier molecular flexibility index (Phi) is 8.20. The van der Waals surface area contributed by atoms with Gasteiger partial charge in [-0.15, -0.1) is 12.4 Å². The Hall–Kier alpha value is -1.02. The van der Waals surface area contributed by atoms with Gasteiger partial charge in [-0.3, -0.25) is 4.90 Å². The Morgan fingerprint density at radius 3 is 2.27 bits per heavy atom. The van der Waals surface area contributed by atoms with Gasteiger partial charge in [0, 0.05) is 38.4 Å². The van der Waals surface area contributed by atoms with E-state index in [9.17, 15) is 18.3 Å². The van der Waals surface area contributed by atoms with Crippen molar-refractivity contribution in [3.05, 3.63) is 29.8 Å². The van der Waals surface area contributed by atoms with Gasteiger partial charge in [-0.1, -0.05) is 6.07 Å². The highest BCUT2D eigenvalue weighted by Gasteiger charge is 2.31. The molecule has 1 atom stereocenters. The third kappa shape index (κ3) is 7.31. The molecule has 0 spiro atoms. The van der Waals surface area contributed by atoms with Crippen LogP contribution in [0.4, 0.5) is 18.9 Å². The number of benzene rings is 1. The number of nitrogens with zero attached hydrogens (tertiary/aromatic N) is 2. The van der Waals surface area contributed by atoms with Crippen LogP contribution in [0, 0.1) is 0 Å². The molecule has 1 saturated heterocycles. The van der Waals surface area contributed by atoms with Gasteiger partial charge in [0.15, 0.2) is 0 Å². The van der Waals surface area contributed by atoms with Gasteiger partial charge in [0.2, 0.25) is 0 Å². The molecule has 150 valence electrons. The third-order valence-electron chi connectivity index (χ3n) is 4.09. The predicted octanol–water partition coefficient (Wildman–Crippen LogP) is 3.43. The van der Waals surface area contributed by atoms with E-state index >= 15 is 0 Å². The van der Waals surface area contributed by atoms with E-state index in [0.29, 0.717) is 38.4 Å². The van der Waals surface area contributed by atoms with Crippen molar-refractivity contribution in [2.45, 2.75) is 38.7 Å². The second-order valence-electron chi connectivity index (χ2n) is 7.41. The van der Waals surface area contributed by atoms with Crippen molar-refractivity contribution in [2.75, 3.05) is 44.2 Å². The van der Waals surface area contributed by atoms with Crippen molar-refractivity contribution in [1.29, 1.82) is 0 Å². The molecule has 8 heteroatoms. The maximum Gasteiger partial charge on any atom is 0.416 e. The number of rotatable bonds is 5. The number of piperazine rings is 1. The van der Waals surface area contributed by atoms with Gasteiger partial charge >= 0.3 is 6.18 Å². The van der Waals surface area contributed by atoms with E-state index in [2.05, 4.69) is 4.90 Å². The van der Waals surface area contributed by atoms with Crippen molar-refractivity contribution in [1.82, 2.24) is 4.90 Å². The summed E-state index contributed by atoms with van der Waals surface area (Å²) in [4.78, 5) is 4.06. The molecule has 1 aromatic rings. The third-order valence-corrected chi connectivity index (χ3v) is 4.09. The molecule has 1 aliphatic heterocycles. The molecule has 0 amide bonds. The first-order valence-electron chi connectivity index (χ1n) is 8.51. The van der Waals surface area contributed by atoms with Gasteiger partial charge in [-0.2, -0.15) is 13.2 Å². The summed E-state index contributed by atoms with van der Waals surface area (Å²) < 4.78 is 44.1. The average Bonchev–Trinajstić information content (AvgIpc) is 2.52. The maximum atomic E-state index is 12.8. The number of halogens is 4. The fraction of sp³-hybridized carbons (Fsp3) is 0.667. The van der Waals surface area contributed by atoms with Crippen molar-refractivity contribution in [3.63, 3.8) is 0 Å². The number of anilines is 1. The van der Waals surface area contributed by atoms with E-state index in [0.717, 1.165) is 6.07 Å². The summed E-state index contributed by atoms with van der Waals surface area (Å²) in [5, 5.41) is 10.1. The second kappa shape index (κ2) is 9.26. The molecular weight excluding hydrogens is 369 g/mol. The molecule has 0 aromatic heterocycles. The predicted molar refractivity (Wildman–Crippen MR) is 99.1 cm³/mol. The number of aliphatic hydroxyl groups excluding tert-OH is 1. The number of β-amino-alcohol motifs (C(OH)–C–C–N with tert-alkyl or cyclic N) is 1. The minimum Gasteiger partial charge on any atom is -0.389 e. The molecule has 0 radical (unpaired) electrons. The summed E-state index contributed by atoms with van der Waals surface area (Å²) in [7, 11) is 0. The quantitative estimate of drug-likeness (QED) is 0.827. The highest BCUT2D eigenvalue weighted by Crippen LogP contribution is 2.31. The van der Waals surface area contributed by atoms with E-state index in [1.54, 1.807) is 6.07 Å². The van der Waals surface area contributed by atoms with Crippen LogP contribution >= 0.6 is 12.4 Å². The Morgan fingerprint density at radius 1 is 1.12 bits per heavy atom. The van der Waals surface area contributed by atoms with Crippen molar-refractivity contribution in [2.24, 2.45) is 0 Å². The molecular formula is C18H28ClF3N2O2. The van der Waals surface area contributed by atoms with Gasteiger partial charge in [0.1, 0.15) is 0 Å². The van der Waals surface area contributed by atoms with Crippen LogP contribution in [0.1, 0.15) is 26.3 Å². The summed E-state index contributed by atoms with van der Waals surface area (Å²) in [5.41, 5.74) is -0.323. The fourth-order valence-electron chi connectivity index (χ4n) is 2.76. The molecule has 0 aliphatic carbocycles. The summed E-state index contributed by atoms with van der Waals surface area (Å²) in [5.74, 6) is 0. The first-order chi connectivity index (χ1) is 11.5. The Bertz CT molecular complexity index is 556. The summed E-state index contributed by atoms with van der Waals surface area (Å²) >= 11 is 0. The lowest BCUT2D eigenvalue weighted by Crippen LogP contribution is -2.49. The highest BCUT2D eigenvalue weighted by atomic mass is 35.5. The van der Waals surface area contributed by atoms with Crippen LogP contribution in [-0.4, -0.2) is 61.0 Å². The molecule has 1 aromatic carbocycles. The van der Waals surface area contributed by atoms with Gasteiger partial charge in [-0.05, 0) is 39.0 Å². The largest absolute Gasteiger partial charge is 0.416 e. The normalized spacial score (nSPS) is 17.7. The van der Waals surface area contributed by atoms with Crippen LogP contribution in [0.3, 0.4) is 0 Å². The van der Waals surface area contributed by atoms with Gasteiger partial charge in [0.25, 0.3) is 0 Å². The molecule has 1 heterocycles. The lowest BCUT2D eigenvalue weighted by molar-refractivity contribution is -0.137. The Labute approximate surface area is 159 Å². The zero-order chi connectivity index (χ0) is 18.7. The molecule has 1 N–H and O–H groups in total. The summed E-state index contributed by atoms with van der Waals surface area (Å²) in [6.45, 7) is 9.26. The van der Waals surface area contributed by atoms with Crippen LogP contribution in [0.25, 0.3) is 0 Å². The molecule has 0 bridgehead atoms. The van der Waals surface area contributed by atoms with Crippen molar-refractivity contribution >= 4 is 18.1 Å². The standard InChI is InChI=1S/C18H27F3N2O2.ClH/c1-17(2,3)25-13-16(24)12-22-7-9-23(10-8-22)15-6-4-5-14(11-15)18(19,20)21;/h4-6,11,16,24H,7-10,12-13H2,1-3H3;1H. The summed E-state index contributed by atoms with van der Waals surface area (Å²) in [6.07, 6.45) is -4.89. The number of hydrogen-bond acceptors (Lipinski definition) is 4. The fourth-order valence-corrected chi connectivity index (χ4v) is 2.76.